The number of carbonyl (C=O) groups excluding carboxylic acids is 1. The van der Waals surface area contributed by atoms with Crippen LogP contribution in [0, 0.1) is 6.92 Å². The molecule has 134 valence electrons. The van der Waals surface area contributed by atoms with Crippen LogP contribution in [0.3, 0.4) is 0 Å². The molecule has 0 unspecified atom stereocenters. The van der Waals surface area contributed by atoms with E-state index in [4.69, 9.17) is 4.98 Å². The third kappa shape index (κ3) is 3.74. The van der Waals surface area contributed by atoms with Crippen LogP contribution in [0.2, 0.25) is 0 Å². The summed E-state index contributed by atoms with van der Waals surface area (Å²) in [5.74, 6) is 0.00210. The first-order valence-corrected chi connectivity index (χ1v) is 9.25. The number of hydrogen-bond acceptors (Lipinski definition) is 3. The van der Waals surface area contributed by atoms with E-state index < -0.39 is 0 Å². The van der Waals surface area contributed by atoms with Gasteiger partial charge in [-0.1, -0.05) is 43.7 Å². The highest BCUT2D eigenvalue weighted by Crippen LogP contribution is 2.27. The van der Waals surface area contributed by atoms with Crippen molar-refractivity contribution in [1.82, 2.24) is 14.9 Å². The zero-order chi connectivity index (χ0) is 18.5. The second kappa shape index (κ2) is 8.09. The molecule has 0 fully saturated rings. The van der Waals surface area contributed by atoms with Gasteiger partial charge < -0.3 is 4.90 Å². The molecule has 0 saturated carbocycles. The lowest BCUT2D eigenvalue weighted by molar-refractivity contribution is 0.0750. The fourth-order valence-electron chi connectivity index (χ4n) is 3.12. The molecule has 1 amide bonds. The summed E-state index contributed by atoms with van der Waals surface area (Å²) in [7, 11) is 0. The van der Waals surface area contributed by atoms with Crippen molar-refractivity contribution in [1.29, 1.82) is 0 Å². The Bertz CT molecular complexity index is 897. The van der Waals surface area contributed by atoms with Gasteiger partial charge in [-0.3, -0.25) is 9.78 Å². The molecular weight excluding hydrogens is 322 g/mol. The number of amides is 1. The molecule has 0 radical (unpaired) electrons. The minimum Gasteiger partial charge on any atom is -0.337 e. The van der Waals surface area contributed by atoms with Gasteiger partial charge in [0.05, 0.1) is 5.52 Å². The number of carbonyl (C=O) groups is 1. The standard InChI is InChI=1S/C22H25N3O/c1-4-12-25(13-5-2)22(26)20-11-10-18-14-23-15-19(21(18)24-20)17-8-6-16(3)7-9-17/h6-11,14-15H,4-5,12-13H2,1-3H3. The maximum atomic E-state index is 12.9. The van der Waals surface area contributed by atoms with E-state index in [0.717, 1.165) is 48.0 Å². The van der Waals surface area contributed by atoms with Crippen LogP contribution in [-0.2, 0) is 0 Å². The first kappa shape index (κ1) is 18.1. The van der Waals surface area contributed by atoms with Gasteiger partial charge >= 0.3 is 0 Å². The van der Waals surface area contributed by atoms with E-state index in [1.54, 1.807) is 6.20 Å². The van der Waals surface area contributed by atoms with Crippen molar-refractivity contribution in [3.63, 3.8) is 0 Å². The third-order valence-electron chi connectivity index (χ3n) is 4.45. The van der Waals surface area contributed by atoms with E-state index in [-0.39, 0.29) is 5.91 Å². The quantitative estimate of drug-likeness (QED) is 0.639. The molecule has 3 aromatic rings. The van der Waals surface area contributed by atoms with Gasteiger partial charge in [0.2, 0.25) is 0 Å². The van der Waals surface area contributed by atoms with E-state index in [1.807, 2.05) is 23.2 Å². The highest BCUT2D eigenvalue weighted by Gasteiger charge is 2.17. The van der Waals surface area contributed by atoms with Crippen LogP contribution >= 0.6 is 0 Å². The lowest BCUT2D eigenvalue weighted by Crippen LogP contribution is -2.33. The highest BCUT2D eigenvalue weighted by molar-refractivity contribution is 5.98. The molecule has 4 nitrogen and oxygen atoms in total. The van der Waals surface area contributed by atoms with Gasteiger partial charge in [0.15, 0.2) is 0 Å². The maximum Gasteiger partial charge on any atom is 0.272 e. The summed E-state index contributed by atoms with van der Waals surface area (Å²) in [6.07, 6.45) is 5.50. The van der Waals surface area contributed by atoms with Crippen LogP contribution in [0.5, 0.6) is 0 Å². The number of benzene rings is 1. The van der Waals surface area contributed by atoms with Crippen LogP contribution in [0.4, 0.5) is 0 Å². The van der Waals surface area contributed by atoms with Gasteiger partial charge in [-0.2, -0.15) is 0 Å². The van der Waals surface area contributed by atoms with Crippen LogP contribution in [0.15, 0.2) is 48.8 Å². The summed E-state index contributed by atoms with van der Waals surface area (Å²) in [6, 6.07) is 12.0. The number of pyridine rings is 2. The molecule has 0 bridgehead atoms. The van der Waals surface area contributed by atoms with E-state index >= 15 is 0 Å². The minimum absolute atomic E-state index is 0.00210. The first-order chi connectivity index (χ1) is 12.6. The third-order valence-corrected chi connectivity index (χ3v) is 4.45. The molecule has 2 aromatic heterocycles. The molecule has 26 heavy (non-hydrogen) atoms. The number of aromatic nitrogens is 2. The fourth-order valence-corrected chi connectivity index (χ4v) is 3.12. The smallest absolute Gasteiger partial charge is 0.272 e. The van der Waals surface area contributed by atoms with Crippen molar-refractivity contribution >= 4 is 16.8 Å². The van der Waals surface area contributed by atoms with Crippen LogP contribution in [0.1, 0.15) is 42.7 Å². The predicted molar refractivity (Wildman–Crippen MR) is 106 cm³/mol. The topological polar surface area (TPSA) is 46.1 Å². The van der Waals surface area contributed by atoms with Crippen LogP contribution in [0.25, 0.3) is 22.0 Å². The fraction of sp³-hybridized carbons (Fsp3) is 0.318. The zero-order valence-electron chi connectivity index (χ0n) is 15.7. The molecule has 2 heterocycles. The molecule has 0 saturated heterocycles. The summed E-state index contributed by atoms with van der Waals surface area (Å²) in [5.41, 5.74) is 4.54. The Hall–Kier alpha value is -2.75. The van der Waals surface area contributed by atoms with Crippen LogP contribution in [-0.4, -0.2) is 33.9 Å². The molecular formula is C22H25N3O. The molecule has 0 aliphatic rings. The van der Waals surface area contributed by atoms with E-state index in [2.05, 4.69) is 50.0 Å². The Morgan fingerprint density at radius 2 is 1.65 bits per heavy atom. The molecule has 0 aliphatic carbocycles. The van der Waals surface area contributed by atoms with Crippen molar-refractivity contribution in [2.24, 2.45) is 0 Å². The Morgan fingerprint density at radius 1 is 0.962 bits per heavy atom. The molecule has 3 rings (SSSR count). The molecule has 4 heteroatoms. The maximum absolute atomic E-state index is 12.9. The lowest BCUT2D eigenvalue weighted by Gasteiger charge is -2.21. The normalized spacial score (nSPS) is 10.9. The van der Waals surface area contributed by atoms with Gasteiger partial charge in [0.25, 0.3) is 5.91 Å². The summed E-state index contributed by atoms with van der Waals surface area (Å²) < 4.78 is 0. The SMILES string of the molecule is CCCN(CCC)C(=O)c1ccc2cncc(-c3ccc(C)cc3)c2n1. The van der Waals surface area contributed by atoms with Gasteiger partial charge in [-0.05, 0) is 37.5 Å². The Kier molecular flexibility index (Phi) is 5.61. The van der Waals surface area contributed by atoms with Crippen molar-refractivity contribution in [3.8, 4) is 11.1 Å². The summed E-state index contributed by atoms with van der Waals surface area (Å²) >= 11 is 0. The average molecular weight is 347 g/mol. The molecule has 0 spiro atoms. The minimum atomic E-state index is 0.00210. The second-order valence-electron chi connectivity index (χ2n) is 6.61. The summed E-state index contributed by atoms with van der Waals surface area (Å²) in [5, 5.41) is 0.942. The molecule has 0 atom stereocenters. The van der Waals surface area contributed by atoms with Crippen molar-refractivity contribution < 1.29 is 4.79 Å². The monoisotopic (exact) mass is 347 g/mol. The van der Waals surface area contributed by atoms with Crippen molar-refractivity contribution in [2.45, 2.75) is 33.6 Å². The van der Waals surface area contributed by atoms with Gasteiger partial charge in [-0.25, -0.2) is 4.98 Å². The number of fused-ring (bicyclic) bond motifs is 1. The largest absolute Gasteiger partial charge is 0.337 e. The Balaban J connectivity index is 2.05. The number of aryl methyl sites for hydroxylation is 1. The zero-order valence-corrected chi connectivity index (χ0v) is 15.7. The summed E-state index contributed by atoms with van der Waals surface area (Å²) in [6.45, 7) is 7.76. The average Bonchev–Trinajstić information content (AvgIpc) is 2.67. The van der Waals surface area contributed by atoms with Gasteiger partial charge in [0.1, 0.15) is 5.69 Å². The van der Waals surface area contributed by atoms with Crippen molar-refractivity contribution in [3.05, 3.63) is 60.0 Å². The highest BCUT2D eigenvalue weighted by atomic mass is 16.2. The Labute approximate surface area is 154 Å². The molecule has 0 aliphatic heterocycles. The van der Waals surface area contributed by atoms with Crippen LogP contribution < -0.4 is 0 Å². The number of hydrogen-bond donors (Lipinski definition) is 0. The number of rotatable bonds is 6. The van der Waals surface area contributed by atoms with E-state index in [9.17, 15) is 4.79 Å². The Morgan fingerprint density at radius 3 is 2.31 bits per heavy atom. The van der Waals surface area contributed by atoms with Gasteiger partial charge in [0, 0.05) is 36.4 Å². The van der Waals surface area contributed by atoms with Crippen molar-refractivity contribution in [2.75, 3.05) is 13.1 Å². The molecule has 0 N–H and O–H groups in total. The lowest BCUT2D eigenvalue weighted by atomic mass is 10.0. The molecule has 1 aromatic carbocycles. The first-order valence-electron chi connectivity index (χ1n) is 9.25. The predicted octanol–water partition coefficient (Wildman–Crippen LogP) is 4.87. The van der Waals surface area contributed by atoms with Gasteiger partial charge in [-0.15, -0.1) is 0 Å². The van der Waals surface area contributed by atoms with E-state index in [1.165, 1.54) is 5.56 Å². The second-order valence-corrected chi connectivity index (χ2v) is 6.61. The summed E-state index contributed by atoms with van der Waals surface area (Å²) in [4.78, 5) is 23.9. The number of nitrogens with zero attached hydrogens (tertiary/aromatic N) is 3. The van der Waals surface area contributed by atoms with E-state index in [0.29, 0.717) is 5.69 Å².